The summed E-state index contributed by atoms with van der Waals surface area (Å²) in [5.41, 5.74) is 9.25. The summed E-state index contributed by atoms with van der Waals surface area (Å²) in [6.45, 7) is 0. The third kappa shape index (κ3) is 3.62. The highest BCUT2D eigenvalue weighted by Gasteiger charge is 2.14. The maximum Gasteiger partial charge on any atom is 0.136 e. The Morgan fingerprint density at radius 1 is 0.500 bits per heavy atom. The highest BCUT2D eigenvalue weighted by Crippen LogP contribution is 2.42. The Morgan fingerprint density at radius 3 is 2.02 bits per heavy atom. The molecule has 0 fully saturated rings. The van der Waals surface area contributed by atoms with Gasteiger partial charge in [-0.3, -0.25) is 0 Å². The van der Waals surface area contributed by atoms with E-state index in [0.29, 0.717) is 5.56 Å². The van der Waals surface area contributed by atoms with Gasteiger partial charge < -0.3 is 4.42 Å². The number of nitriles is 1. The molecule has 8 rings (SSSR count). The van der Waals surface area contributed by atoms with Crippen molar-refractivity contribution >= 4 is 53.4 Å². The van der Waals surface area contributed by atoms with Crippen LogP contribution in [0.5, 0.6) is 0 Å². The van der Waals surface area contributed by atoms with Crippen LogP contribution in [0.2, 0.25) is 0 Å². The number of hydrogen-bond acceptors (Lipinski definition) is 3. The van der Waals surface area contributed by atoms with Crippen LogP contribution >= 0.6 is 11.3 Å². The van der Waals surface area contributed by atoms with Gasteiger partial charge in [0.2, 0.25) is 0 Å². The maximum atomic E-state index is 9.33. The van der Waals surface area contributed by atoms with Crippen molar-refractivity contribution in [3.8, 4) is 39.4 Å². The molecule has 6 aromatic carbocycles. The lowest BCUT2D eigenvalue weighted by Gasteiger charge is -2.12. The van der Waals surface area contributed by atoms with Gasteiger partial charge in [-0.25, -0.2) is 0 Å². The predicted octanol–water partition coefficient (Wildman–Crippen LogP) is 10.8. The first-order valence-electron chi connectivity index (χ1n) is 13.2. The van der Waals surface area contributed by atoms with Gasteiger partial charge in [0.25, 0.3) is 0 Å². The second-order valence-corrected chi connectivity index (χ2v) is 11.1. The van der Waals surface area contributed by atoms with Crippen molar-refractivity contribution in [1.82, 2.24) is 0 Å². The number of rotatable bonds is 3. The third-order valence-corrected chi connectivity index (χ3v) is 8.93. The first kappa shape index (κ1) is 22.8. The lowest BCUT2D eigenvalue weighted by atomic mass is 9.92. The van der Waals surface area contributed by atoms with Crippen LogP contribution in [-0.4, -0.2) is 0 Å². The number of nitrogens with zero attached hydrogens (tertiary/aromatic N) is 1. The predicted molar refractivity (Wildman–Crippen MR) is 168 cm³/mol. The summed E-state index contributed by atoms with van der Waals surface area (Å²) in [5.74, 6) is 0. The second-order valence-electron chi connectivity index (χ2n) is 10.1. The summed E-state index contributed by atoms with van der Waals surface area (Å²) in [4.78, 5) is 0. The number of para-hydroxylation sites is 1. The molecule has 0 radical (unpaired) electrons. The Bertz CT molecular complexity index is 2280. The van der Waals surface area contributed by atoms with Crippen LogP contribution in [0.25, 0.3) is 75.5 Å². The lowest BCUT2D eigenvalue weighted by molar-refractivity contribution is 0.669. The minimum atomic E-state index is 0.658. The number of thiophene rings is 1. The van der Waals surface area contributed by atoms with Crippen LogP contribution in [0.3, 0.4) is 0 Å². The molecule has 0 unspecified atom stereocenters. The molecule has 2 heterocycles. The van der Waals surface area contributed by atoms with Crippen LogP contribution in [0.4, 0.5) is 0 Å². The summed E-state index contributed by atoms with van der Waals surface area (Å²) in [6, 6.07) is 46.8. The second kappa shape index (κ2) is 8.95. The molecule has 0 saturated carbocycles. The molecule has 8 aromatic rings. The van der Waals surface area contributed by atoms with Crippen LogP contribution in [0, 0.1) is 11.3 Å². The molecule has 40 heavy (non-hydrogen) atoms. The van der Waals surface area contributed by atoms with Crippen LogP contribution < -0.4 is 0 Å². The Balaban J connectivity index is 1.37. The van der Waals surface area contributed by atoms with Crippen molar-refractivity contribution in [3.05, 3.63) is 133 Å². The molecule has 0 aliphatic carbocycles. The van der Waals surface area contributed by atoms with Crippen LogP contribution in [-0.2, 0) is 0 Å². The van der Waals surface area contributed by atoms with Gasteiger partial charge in [0.1, 0.15) is 11.2 Å². The summed E-state index contributed by atoms with van der Waals surface area (Å²) in [6.07, 6.45) is 0. The van der Waals surface area contributed by atoms with Gasteiger partial charge in [-0.1, -0.05) is 72.8 Å². The Labute approximate surface area is 235 Å². The van der Waals surface area contributed by atoms with Crippen molar-refractivity contribution in [1.29, 1.82) is 5.26 Å². The first-order chi connectivity index (χ1) is 19.7. The zero-order chi connectivity index (χ0) is 26.6. The molecule has 2 nitrogen and oxygen atoms in total. The van der Waals surface area contributed by atoms with Crippen molar-refractivity contribution in [2.45, 2.75) is 0 Å². The molecular weight excluding hydrogens is 506 g/mol. The van der Waals surface area contributed by atoms with E-state index >= 15 is 0 Å². The molecule has 0 N–H and O–H groups in total. The molecule has 0 aliphatic heterocycles. The van der Waals surface area contributed by atoms with Gasteiger partial charge in [0.15, 0.2) is 0 Å². The van der Waals surface area contributed by atoms with Gasteiger partial charge in [0.05, 0.1) is 11.6 Å². The molecule has 3 heteroatoms. The average molecular weight is 528 g/mol. The molecule has 2 aromatic heterocycles. The Hall–Kier alpha value is -5.17. The number of fused-ring (bicyclic) bond motifs is 6. The molecule has 0 bridgehead atoms. The fraction of sp³-hybridized carbons (Fsp3) is 0. The molecule has 0 spiro atoms. The SMILES string of the molecule is N#Cc1ccc(-c2cc(-c3ccc4c(c3)oc3ccccc34)cc(-c3cccc4c3sc3ccccc34)c2)cc1. The largest absolute Gasteiger partial charge is 0.456 e. The minimum absolute atomic E-state index is 0.658. The fourth-order valence-electron chi connectivity index (χ4n) is 5.73. The first-order valence-corrected chi connectivity index (χ1v) is 14.0. The standard InChI is InChI=1S/C37H21NOS/c38-22-23-12-14-24(15-13-23)26-18-27(25-16-17-31-30-6-1-3-10-34(30)39-35(31)21-25)20-28(19-26)29-8-5-9-33-32-7-2-4-11-36(32)40-37(29)33/h1-21H. The molecule has 0 amide bonds. The van der Waals surface area contributed by atoms with Gasteiger partial charge in [-0.2, -0.15) is 5.26 Å². The van der Waals surface area contributed by atoms with E-state index in [-0.39, 0.29) is 0 Å². The number of benzene rings is 6. The Morgan fingerprint density at radius 2 is 1.18 bits per heavy atom. The molecular formula is C37H21NOS. The van der Waals surface area contributed by atoms with Crippen LogP contribution in [0.15, 0.2) is 132 Å². The highest BCUT2D eigenvalue weighted by atomic mass is 32.1. The highest BCUT2D eigenvalue weighted by molar-refractivity contribution is 7.26. The zero-order valence-electron chi connectivity index (χ0n) is 21.4. The van der Waals surface area contributed by atoms with E-state index in [1.165, 1.54) is 31.3 Å². The lowest BCUT2D eigenvalue weighted by Crippen LogP contribution is -1.87. The van der Waals surface area contributed by atoms with Gasteiger partial charge >= 0.3 is 0 Å². The topological polar surface area (TPSA) is 36.9 Å². The Kier molecular flexibility index (Phi) is 5.10. The van der Waals surface area contributed by atoms with Gasteiger partial charge in [-0.15, -0.1) is 11.3 Å². The summed E-state index contributed by atoms with van der Waals surface area (Å²) in [7, 11) is 0. The normalized spacial score (nSPS) is 11.5. The van der Waals surface area contributed by atoms with Gasteiger partial charge in [-0.05, 0) is 88.0 Å². The molecule has 0 atom stereocenters. The smallest absolute Gasteiger partial charge is 0.136 e. The van der Waals surface area contributed by atoms with Gasteiger partial charge in [0, 0.05) is 30.9 Å². The number of hydrogen-bond donors (Lipinski definition) is 0. The van der Waals surface area contributed by atoms with Crippen LogP contribution in [0.1, 0.15) is 5.56 Å². The number of furan rings is 1. The van der Waals surface area contributed by atoms with Crippen molar-refractivity contribution in [3.63, 3.8) is 0 Å². The summed E-state index contributed by atoms with van der Waals surface area (Å²) >= 11 is 1.84. The summed E-state index contributed by atoms with van der Waals surface area (Å²) < 4.78 is 8.82. The monoisotopic (exact) mass is 527 g/mol. The zero-order valence-corrected chi connectivity index (χ0v) is 22.2. The van der Waals surface area contributed by atoms with Crippen molar-refractivity contribution < 1.29 is 4.42 Å². The van der Waals surface area contributed by atoms with Crippen molar-refractivity contribution in [2.75, 3.05) is 0 Å². The average Bonchev–Trinajstić information content (AvgIpc) is 3.59. The summed E-state index contributed by atoms with van der Waals surface area (Å²) in [5, 5.41) is 14.2. The third-order valence-electron chi connectivity index (χ3n) is 7.71. The van der Waals surface area contributed by atoms with E-state index in [0.717, 1.165) is 44.2 Å². The fourth-order valence-corrected chi connectivity index (χ4v) is 6.97. The molecule has 186 valence electrons. The van der Waals surface area contributed by atoms with E-state index in [9.17, 15) is 5.26 Å². The van der Waals surface area contributed by atoms with Crippen molar-refractivity contribution in [2.24, 2.45) is 0 Å². The quantitative estimate of drug-likeness (QED) is 0.229. The minimum Gasteiger partial charge on any atom is -0.456 e. The van der Waals surface area contributed by atoms with E-state index in [1.54, 1.807) is 0 Å². The molecule has 0 aliphatic rings. The van der Waals surface area contributed by atoms with E-state index in [4.69, 9.17) is 4.42 Å². The van der Waals surface area contributed by atoms with E-state index < -0.39 is 0 Å². The molecule has 0 saturated heterocycles. The maximum absolute atomic E-state index is 9.33. The van der Waals surface area contributed by atoms with E-state index in [1.807, 2.05) is 53.8 Å². The van der Waals surface area contributed by atoms with E-state index in [2.05, 4.69) is 91.0 Å².